The molecule has 0 saturated carbocycles. The number of Topliss-reactive ketones (excluding diaryl/α,β-unsaturated/α-hetero) is 1. The number of ketones is 1. The number of halogens is 1. The summed E-state index contributed by atoms with van der Waals surface area (Å²) >= 11 is 6.90. The van der Waals surface area contributed by atoms with E-state index in [0.717, 1.165) is 6.07 Å². The molecule has 0 aromatic carbocycles. The van der Waals surface area contributed by atoms with Crippen molar-refractivity contribution in [3.63, 3.8) is 0 Å². The molecule has 0 spiro atoms. The van der Waals surface area contributed by atoms with Crippen LogP contribution in [0.2, 0.25) is 4.34 Å². The summed E-state index contributed by atoms with van der Waals surface area (Å²) in [5.74, 6) is -0.299. The van der Waals surface area contributed by atoms with Crippen molar-refractivity contribution in [1.82, 2.24) is 4.57 Å². The van der Waals surface area contributed by atoms with Gasteiger partial charge in [-0.2, -0.15) is 0 Å². The van der Waals surface area contributed by atoms with Crippen LogP contribution in [0.5, 0.6) is 5.75 Å². The first kappa shape index (κ1) is 11.9. The van der Waals surface area contributed by atoms with Crippen LogP contribution in [0, 0.1) is 0 Å². The number of thiophene rings is 1. The number of pyridine rings is 1. The Morgan fingerprint density at radius 2 is 2.18 bits per heavy atom. The SMILES string of the molecule is O=C(Cn1ccc(O)cc1=O)c1ccc(Cl)s1. The molecule has 0 aliphatic rings. The monoisotopic (exact) mass is 269 g/mol. The molecule has 17 heavy (non-hydrogen) atoms. The van der Waals surface area contributed by atoms with Gasteiger partial charge >= 0.3 is 0 Å². The molecule has 0 amide bonds. The van der Waals surface area contributed by atoms with Crippen LogP contribution in [0.25, 0.3) is 0 Å². The van der Waals surface area contributed by atoms with Crippen LogP contribution in [0.1, 0.15) is 9.67 Å². The predicted molar refractivity (Wildman–Crippen MR) is 66.0 cm³/mol. The lowest BCUT2D eigenvalue weighted by atomic mass is 10.3. The molecule has 2 aromatic rings. The van der Waals surface area contributed by atoms with Gasteiger partial charge in [0.2, 0.25) is 0 Å². The Bertz CT molecular complexity index is 617. The smallest absolute Gasteiger partial charge is 0.254 e. The third-order valence-corrected chi connectivity index (χ3v) is 3.41. The van der Waals surface area contributed by atoms with Crippen LogP contribution < -0.4 is 5.56 Å². The number of aromatic hydroxyl groups is 1. The molecule has 0 fully saturated rings. The van der Waals surface area contributed by atoms with Crippen molar-refractivity contribution in [3.8, 4) is 5.75 Å². The second kappa shape index (κ2) is 4.73. The molecule has 2 aromatic heterocycles. The van der Waals surface area contributed by atoms with E-state index >= 15 is 0 Å². The Balaban J connectivity index is 2.21. The molecular formula is C11H8ClNO3S. The fraction of sp³-hybridized carbons (Fsp3) is 0.0909. The lowest BCUT2D eigenvalue weighted by molar-refractivity contribution is 0.0974. The Labute approximate surface area is 106 Å². The van der Waals surface area contributed by atoms with Crippen LogP contribution in [0.4, 0.5) is 0 Å². The molecule has 88 valence electrons. The maximum Gasteiger partial charge on any atom is 0.254 e. The number of hydrogen-bond acceptors (Lipinski definition) is 4. The highest BCUT2D eigenvalue weighted by atomic mass is 35.5. The standard InChI is InChI=1S/C11H8ClNO3S/c12-10-2-1-9(17-10)8(15)6-13-4-3-7(14)5-11(13)16/h1-5,14H,6H2. The van der Waals surface area contributed by atoms with Crippen molar-refractivity contribution in [2.24, 2.45) is 0 Å². The van der Waals surface area contributed by atoms with E-state index in [0.29, 0.717) is 9.21 Å². The van der Waals surface area contributed by atoms with Crippen LogP contribution in [0.3, 0.4) is 0 Å². The van der Waals surface area contributed by atoms with Gasteiger partial charge in [-0.1, -0.05) is 11.6 Å². The molecule has 1 N–H and O–H groups in total. The zero-order chi connectivity index (χ0) is 12.4. The number of rotatable bonds is 3. The van der Waals surface area contributed by atoms with E-state index in [9.17, 15) is 9.59 Å². The Morgan fingerprint density at radius 3 is 2.76 bits per heavy atom. The van der Waals surface area contributed by atoms with E-state index in [1.54, 1.807) is 12.1 Å². The summed E-state index contributed by atoms with van der Waals surface area (Å²) in [6.07, 6.45) is 1.38. The summed E-state index contributed by atoms with van der Waals surface area (Å²) in [6, 6.07) is 5.69. The maximum absolute atomic E-state index is 11.8. The summed E-state index contributed by atoms with van der Waals surface area (Å²) in [5.41, 5.74) is -0.416. The van der Waals surface area contributed by atoms with Gasteiger partial charge in [-0.15, -0.1) is 11.3 Å². The highest BCUT2D eigenvalue weighted by molar-refractivity contribution is 7.18. The molecule has 2 heterocycles. The molecule has 0 bridgehead atoms. The van der Waals surface area contributed by atoms with E-state index < -0.39 is 5.56 Å². The largest absolute Gasteiger partial charge is 0.508 e. The van der Waals surface area contributed by atoms with E-state index in [1.807, 2.05) is 0 Å². The molecule has 0 unspecified atom stereocenters. The summed E-state index contributed by atoms with van der Waals surface area (Å²) in [4.78, 5) is 23.7. The van der Waals surface area contributed by atoms with Crippen molar-refractivity contribution in [2.75, 3.05) is 0 Å². The predicted octanol–water partition coefficient (Wildman–Crippen LogP) is 2.15. The number of nitrogens with zero attached hydrogens (tertiary/aromatic N) is 1. The van der Waals surface area contributed by atoms with Gasteiger partial charge in [0.1, 0.15) is 5.75 Å². The zero-order valence-corrected chi connectivity index (χ0v) is 10.2. The van der Waals surface area contributed by atoms with Crippen LogP contribution in [-0.4, -0.2) is 15.5 Å². The van der Waals surface area contributed by atoms with Gasteiger partial charge in [-0.25, -0.2) is 0 Å². The lowest BCUT2D eigenvalue weighted by Crippen LogP contribution is -2.22. The van der Waals surface area contributed by atoms with Gasteiger partial charge in [0.05, 0.1) is 15.8 Å². The quantitative estimate of drug-likeness (QED) is 0.869. The maximum atomic E-state index is 11.8. The topological polar surface area (TPSA) is 59.3 Å². The lowest BCUT2D eigenvalue weighted by Gasteiger charge is -2.03. The minimum Gasteiger partial charge on any atom is -0.508 e. The molecule has 0 radical (unpaired) electrons. The van der Waals surface area contributed by atoms with Crippen LogP contribution >= 0.6 is 22.9 Å². The Hall–Kier alpha value is -1.59. The van der Waals surface area contributed by atoms with Crippen molar-refractivity contribution in [2.45, 2.75) is 6.54 Å². The molecule has 6 heteroatoms. The second-order valence-corrected chi connectivity index (χ2v) is 5.09. The van der Waals surface area contributed by atoms with E-state index in [4.69, 9.17) is 16.7 Å². The van der Waals surface area contributed by atoms with Crippen LogP contribution in [-0.2, 0) is 6.54 Å². The summed E-state index contributed by atoms with van der Waals surface area (Å²) in [7, 11) is 0. The van der Waals surface area contributed by atoms with Gasteiger partial charge < -0.3 is 9.67 Å². The number of hydrogen-bond donors (Lipinski definition) is 1. The average Bonchev–Trinajstić information content (AvgIpc) is 2.69. The van der Waals surface area contributed by atoms with Gasteiger partial charge in [-0.05, 0) is 18.2 Å². The number of carbonyl (C=O) groups excluding carboxylic acids is 1. The molecular weight excluding hydrogens is 262 g/mol. The highest BCUT2D eigenvalue weighted by Gasteiger charge is 2.10. The van der Waals surface area contributed by atoms with E-state index in [-0.39, 0.29) is 18.1 Å². The fourth-order valence-electron chi connectivity index (χ4n) is 1.32. The van der Waals surface area contributed by atoms with Gasteiger partial charge in [-0.3, -0.25) is 9.59 Å². The normalized spacial score (nSPS) is 10.4. The van der Waals surface area contributed by atoms with Crippen molar-refractivity contribution in [1.29, 1.82) is 0 Å². The van der Waals surface area contributed by atoms with E-state index in [1.165, 1.54) is 28.2 Å². The summed E-state index contributed by atoms with van der Waals surface area (Å²) in [6.45, 7) is -0.0596. The minimum absolute atomic E-state index is 0.0596. The van der Waals surface area contributed by atoms with Gasteiger partial charge in [0.25, 0.3) is 5.56 Å². The van der Waals surface area contributed by atoms with Crippen LogP contribution in [0.15, 0.2) is 35.3 Å². The fourth-order valence-corrected chi connectivity index (χ4v) is 2.30. The minimum atomic E-state index is -0.416. The van der Waals surface area contributed by atoms with Gasteiger partial charge in [0, 0.05) is 12.3 Å². The highest BCUT2D eigenvalue weighted by Crippen LogP contribution is 2.22. The third kappa shape index (κ3) is 2.75. The number of aromatic nitrogens is 1. The first-order valence-corrected chi connectivity index (χ1v) is 5.94. The van der Waals surface area contributed by atoms with Crippen molar-refractivity contribution >= 4 is 28.7 Å². The third-order valence-electron chi connectivity index (χ3n) is 2.14. The Morgan fingerprint density at radius 1 is 1.41 bits per heavy atom. The molecule has 0 aliphatic carbocycles. The Kier molecular flexibility index (Phi) is 3.31. The summed E-state index contributed by atoms with van der Waals surface area (Å²) in [5, 5.41) is 9.08. The summed E-state index contributed by atoms with van der Waals surface area (Å²) < 4.78 is 1.77. The van der Waals surface area contributed by atoms with Gasteiger partial charge in [0.15, 0.2) is 5.78 Å². The van der Waals surface area contributed by atoms with E-state index in [2.05, 4.69) is 0 Å². The molecule has 0 saturated heterocycles. The zero-order valence-electron chi connectivity index (χ0n) is 8.59. The average molecular weight is 270 g/mol. The number of carbonyl (C=O) groups is 1. The molecule has 0 aliphatic heterocycles. The van der Waals surface area contributed by atoms with Crippen molar-refractivity contribution in [3.05, 3.63) is 50.0 Å². The molecule has 0 atom stereocenters. The van der Waals surface area contributed by atoms with Crippen molar-refractivity contribution < 1.29 is 9.90 Å². The first-order valence-electron chi connectivity index (χ1n) is 4.74. The molecule has 2 rings (SSSR count). The molecule has 4 nitrogen and oxygen atoms in total. The first-order chi connectivity index (χ1) is 8.06. The second-order valence-electron chi connectivity index (χ2n) is 3.38.